The van der Waals surface area contributed by atoms with Gasteiger partial charge in [0.1, 0.15) is 0 Å². The second-order valence-electron chi connectivity index (χ2n) is 8.58. The van der Waals surface area contributed by atoms with Crippen LogP contribution < -0.4 is 0 Å². The molecule has 0 aromatic heterocycles. The Morgan fingerprint density at radius 1 is 0.688 bits per heavy atom. The molecule has 2 heteroatoms. The van der Waals surface area contributed by atoms with Gasteiger partial charge in [0.2, 0.25) is 0 Å². The minimum atomic E-state index is 0.477. The molecule has 0 bridgehead atoms. The molecule has 0 saturated carbocycles. The third-order valence-corrected chi connectivity index (χ3v) is 8.17. The van der Waals surface area contributed by atoms with Gasteiger partial charge in [-0.05, 0) is 68.3 Å². The Morgan fingerprint density at radius 2 is 1.34 bits per heavy atom. The van der Waals surface area contributed by atoms with E-state index in [1.54, 1.807) is 0 Å². The first-order valence-corrected chi connectivity index (χ1v) is 13.0. The van der Waals surface area contributed by atoms with Gasteiger partial charge < -0.3 is 0 Å². The van der Waals surface area contributed by atoms with Crippen LogP contribution >= 0.6 is 34.2 Å². The molecule has 1 aliphatic rings. The first-order chi connectivity index (χ1) is 15.7. The Balaban J connectivity index is 1.56. The first-order valence-electron chi connectivity index (χ1n) is 11.1. The summed E-state index contributed by atoms with van der Waals surface area (Å²) in [5, 5.41) is 5.65. The number of benzene rings is 5. The highest BCUT2D eigenvalue weighted by molar-refractivity contribution is 14.1. The van der Waals surface area contributed by atoms with E-state index in [2.05, 4.69) is 114 Å². The highest BCUT2D eigenvalue weighted by atomic mass is 127. The predicted molar refractivity (Wildman–Crippen MR) is 147 cm³/mol. The van der Waals surface area contributed by atoms with Crippen molar-refractivity contribution in [3.63, 3.8) is 0 Å². The summed E-state index contributed by atoms with van der Waals surface area (Å²) in [4.78, 5) is 0. The van der Waals surface area contributed by atoms with Crippen molar-refractivity contribution in [1.29, 1.82) is 0 Å². The zero-order chi connectivity index (χ0) is 21.8. The van der Waals surface area contributed by atoms with E-state index < -0.39 is 0 Å². The number of hydrogen-bond donors (Lipinski definition) is 0. The molecule has 32 heavy (non-hydrogen) atoms. The summed E-state index contributed by atoms with van der Waals surface area (Å²) in [6.45, 7) is 2.29. The van der Waals surface area contributed by atoms with Crippen LogP contribution in [0.4, 0.5) is 0 Å². The predicted octanol–water partition coefficient (Wildman–Crippen LogP) is 9.77. The van der Waals surface area contributed by atoms with Crippen molar-refractivity contribution >= 4 is 55.7 Å². The molecule has 0 spiro atoms. The van der Waals surface area contributed by atoms with Crippen LogP contribution in [0.5, 0.6) is 0 Å². The summed E-state index contributed by atoms with van der Waals surface area (Å²) >= 11 is 9.34. The second kappa shape index (κ2) is 7.90. The van der Waals surface area contributed by atoms with Crippen molar-refractivity contribution in [3.8, 4) is 22.3 Å². The van der Waals surface area contributed by atoms with Gasteiger partial charge in [-0.15, -0.1) is 0 Å². The molecule has 0 heterocycles. The lowest BCUT2D eigenvalue weighted by atomic mass is 9.90. The van der Waals surface area contributed by atoms with Gasteiger partial charge in [0.15, 0.2) is 0 Å². The maximum absolute atomic E-state index is 6.87. The molecular formula is C30H22ClI. The lowest BCUT2D eigenvalue weighted by molar-refractivity contribution is 0.797. The van der Waals surface area contributed by atoms with Crippen molar-refractivity contribution in [3.05, 3.63) is 107 Å². The molecule has 0 nitrogen and oxygen atoms in total. The molecule has 0 amide bonds. The second-order valence-corrected chi connectivity index (χ2v) is 9.72. The van der Waals surface area contributed by atoms with Crippen LogP contribution in [-0.4, -0.2) is 0 Å². The molecule has 6 rings (SSSR count). The SMILES string of the molecule is CCC1c2ccccc2-c2ccc(-c3ccc4c(Cl)c5ccccc5c(CI)c4c3)cc21. The highest BCUT2D eigenvalue weighted by Gasteiger charge is 2.27. The van der Waals surface area contributed by atoms with Gasteiger partial charge in [-0.25, -0.2) is 0 Å². The lowest BCUT2D eigenvalue weighted by Crippen LogP contribution is -1.94. The normalized spacial score (nSPS) is 14.7. The van der Waals surface area contributed by atoms with Crippen LogP contribution in [0.2, 0.25) is 5.02 Å². The third-order valence-electron chi connectivity index (χ3n) is 7.00. The van der Waals surface area contributed by atoms with Crippen molar-refractivity contribution in [2.45, 2.75) is 23.7 Å². The molecule has 156 valence electrons. The molecule has 1 atom stereocenters. The van der Waals surface area contributed by atoms with Gasteiger partial charge in [0, 0.05) is 21.1 Å². The van der Waals surface area contributed by atoms with Gasteiger partial charge >= 0.3 is 0 Å². The summed E-state index contributed by atoms with van der Waals surface area (Å²) in [6, 6.07) is 31.1. The fraction of sp³-hybridized carbons (Fsp3) is 0.133. The molecule has 5 aromatic rings. The molecule has 0 saturated heterocycles. The van der Waals surface area contributed by atoms with E-state index in [0.29, 0.717) is 5.92 Å². The summed E-state index contributed by atoms with van der Waals surface area (Å²) in [5.41, 5.74) is 9.60. The minimum Gasteiger partial charge on any atom is -0.0830 e. The maximum atomic E-state index is 6.87. The van der Waals surface area contributed by atoms with E-state index in [9.17, 15) is 0 Å². The Kier molecular flexibility index (Phi) is 5.00. The Hall–Kier alpha value is -2.36. The molecule has 1 aliphatic carbocycles. The van der Waals surface area contributed by atoms with E-state index in [1.807, 2.05) is 0 Å². The summed E-state index contributed by atoms with van der Waals surface area (Å²) < 4.78 is 0.951. The van der Waals surface area contributed by atoms with Crippen molar-refractivity contribution in [2.24, 2.45) is 0 Å². The van der Waals surface area contributed by atoms with E-state index >= 15 is 0 Å². The summed E-state index contributed by atoms with van der Waals surface area (Å²) in [7, 11) is 0. The zero-order valence-corrected chi connectivity index (χ0v) is 20.7. The molecule has 5 aromatic carbocycles. The number of rotatable bonds is 3. The fourth-order valence-corrected chi connectivity index (χ4v) is 6.62. The van der Waals surface area contributed by atoms with Gasteiger partial charge in [0.25, 0.3) is 0 Å². The third kappa shape index (κ3) is 2.94. The van der Waals surface area contributed by atoms with E-state index in [-0.39, 0.29) is 0 Å². The van der Waals surface area contributed by atoms with E-state index in [1.165, 1.54) is 49.7 Å². The molecule has 0 radical (unpaired) electrons. The smallest absolute Gasteiger partial charge is 0.0562 e. The standard InChI is InChI=1S/C30H22ClI/c1-2-20-21-7-3-4-8-22(21)24-13-11-18(15-27(20)24)19-12-14-26-28(16-19)29(17-32)23-9-5-6-10-25(23)30(26)31/h3-16,20H,2,17H2,1H3. The topological polar surface area (TPSA) is 0 Å². The summed E-state index contributed by atoms with van der Waals surface area (Å²) in [5.74, 6) is 0.477. The van der Waals surface area contributed by atoms with Gasteiger partial charge in [-0.3, -0.25) is 0 Å². The van der Waals surface area contributed by atoms with Crippen LogP contribution in [0.25, 0.3) is 43.8 Å². The number of hydrogen-bond acceptors (Lipinski definition) is 0. The fourth-order valence-electron chi connectivity index (χ4n) is 5.47. The van der Waals surface area contributed by atoms with Crippen LogP contribution in [0.3, 0.4) is 0 Å². The van der Waals surface area contributed by atoms with Gasteiger partial charge in [0.05, 0.1) is 5.02 Å². The van der Waals surface area contributed by atoms with E-state index in [0.717, 1.165) is 26.6 Å². The summed E-state index contributed by atoms with van der Waals surface area (Å²) in [6.07, 6.45) is 1.12. The largest absolute Gasteiger partial charge is 0.0830 e. The van der Waals surface area contributed by atoms with Crippen molar-refractivity contribution < 1.29 is 0 Å². The van der Waals surface area contributed by atoms with Crippen LogP contribution in [0.15, 0.2) is 84.9 Å². The van der Waals surface area contributed by atoms with Crippen LogP contribution in [0, 0.1) is 0 Å². The van der Waals surface area contributed by atoms with Crippen molar-refractivity contribution in [1.82, 2.24) is 0 Å². The molecule has 0 fully saturated rings. The first kappa shape index (κ1) is 20.3. The van der Waals surface area contributed by atoms with E-state index in [4.69, 9.17) is 11.6 Å². The Morgan fingerprint density at radius 3 is 2.16 bits per heavy atom. The quantitative estimate of drug-likeness (QED) is 0.120. The average Bonchev–Trinajstić information content (AvgIpc) is 3.17. The zero-order valence-electron chi connectivity index (χ0n) is 17.8. The average molecular weight is 545 g/mol. The minimum absolute atomic E-state index is 0.477. The lowest BCUT2D eigenvalue weighted by Gasteiger charge is -2.15. The number of halogens is 2. The Labute approximate surface area is 207 Å². The monoisotopic (exact) mass is 544 g/mol. The molecule has 1 unspecified atom stereocenters. The van der Waals surface area contributed by atoms with Crippen molar-refractivity contribution in [2.75, 3.05) is 0 Å². The number of fused-ring (bicyclic) bond motifs is 5. The molecular weight excluding hydrogens is 523 g/mol. The number of alkyl halides is 1. The highest BCUT2D eigenvalue weighted by Crippen LogP contribution is 2.47. The van der Waals surface area contributed by atoms with Gasteiger partial charge in [-0.2, -0.15) is 0 Å². The maximum Gasteiger partial charge on any atom is 0.0562 e. The van der Waals surface area contributed by atoms with Crippen LogP contribution in [0.1, 0.15) is 36.0 Å². The molecule has 0 N–H and O–H groups in total. The van der Waals surface area contributed by atoms with Crippen LogP contribution in [-0.2, 0) is 4.43 Å². The van der Waals surface area contributed by atoms with Gasteiger partial charge in [-0.1, -0.05) is 114 Å². The molecule has 0 aliphatic heterocycles. The Bertz CT molecular complexity index is 1520.